The van der Waals surface area contributed by atoms with Gasteiger partial charge >= 0.3 is 0 Å². The van der Waals surface area contributed by atoms with E-state index >= 15 is 0 Å². The summed E-state index contributed by atoms with van der Waals surface area (Å²) in [6, 6.07) is 12.3. The van der Waals surface area contributed by atoms with Gasteiger partial charge < -0.3 is 10.6 Å². The van der Waals surface area contributed by atoms with Gasteiger partial charge in [0, 0.05) is 19.0 Å². The van der Waals surface area contributed by atoms with Crippen LogP contribution in [0.4, 0.5) is 16.5 Å². The molecule has 0 unspecified atom stereocenters. The quantitative estimate of drug-likeness (QED) is 0.515. The number of aromatic nitrogens is 1. The Balaban J connectivity index is 1.57. The molecule has 2 aromatic carbocycles. The number of carbonyl (C=O) groups is 1. The molecular weight excluding hydrogens is 340 g/mol. The van der Waals surface area contributed by atoms with Crippen LogP contribution in [0.3, 0.4) is 0 Å². The van der Waals surface area contributed by atoms with Gasteiger partial charge in [0.05, 0.1) is 15.1 Å². The van der Waals surface area contributed by atoms with Crippen molar-refractivity contribution in [3.63, 3.8) is 0 Å². The van der Waals surface area contributed by atoms with Crippen LogP contribution in [-0.2, 0) is 4.79 Å². The first-order valence-corrected chi connectivity index (χ1v) is 8.49. The second-order valence-corrected chi connectivity index (χ2v) is 6.52. The Morgan fingerprint density at radius 1 is 1.28 bits per heavy atom. The number of nitrogens with one attached hydrogen (secondary N) is 2. The average Bonchev–Trinajstić information content (AvgIpc) is 2.96. The van der Waals surface area contributed by atoms with Crippen molar-refractivity contribution in [2.75, 3.05) is 17.2 Å². The van der Waals surface area contributed by atoms with Gasteiger partial charge in [-0.25, -0.2) is 4.98 Å². The molecule has 0 saturated carbocycles. The van der Waals surface area contributed by atoms with E-state index in [0.29, 0.717) is 17.4 Å². The molecule has 1 aromatic heterocycles. The number of nitro groups is 1. The molecule has 128 valence electrons. The Labute approximate surface area is 147 Å². The van der Waals surface area contributed by atoms with Crippen molar-refractivity contribution in [2.45, 2.75) is 13.3 Å². The third kappa shape index (κ3) is 4.10. The van der Waals surface area contributed by atoms with E-state index < -0.39 is 4.92 Å². The number of thiazole rings is 1. The van der Waals surface area contributed by atoms with E-state index in [1.165, 1.54) is 17.4 Å². The largest absolute Gasteiger partial charge is 0.379 e. The average molecular weight is 356 g/mol. The third-order valence-corrected chi connectivity index (χ3v) is 4.49. The Hall–Kier alpha value is -3.00. The minimum atomic E-state index is -0.453. The highest BCUT2D eigenvalue weighted by molar-refractivity contribution is 7.22. The van der Waals surface area contributed by atoms with E-state index in [-0.39, 0.29) is 18.0 Å². The van der Waals surface area contributed by atoms with Crippen molar-refractivity contribution in [2.24, 2.45) is 0 Å². The molecule has 3 rings (SSSR count). The highest BCUT2D eigenvalue weighted by Gasteiger charge is 2.12. The molecule has 25 heavy (non-hydrogen) atoms. The Morgan fingerprint density at radius 3 is 2.88 bits per heavy atom. The van der Waals surface area contributed by atoms with Gasteiger partial charge in [-0.2, -0.15) is 0 Å². The van der Waals surface area contributed by atoms with Gasteiger partial charge in [0.25, 0.3) is 5.69 Å². The highest BCUT2D eigenvalue weighted by Crippen LogP contribution is 2.27. The number of benzene rings is 2. The van der Waals surface area contributed by atoms with Crippen molar-refractivity contribution in [3.8, 4) is 0 Å². The lowest BCUT2D eigenvalue weighted by molar-refractivity contribution is -0.384. The van der Waals surface area contributed by atoms with Crippen molar-refractivity contribution in [1.82, 2.24) is 4.98 Å². The lowest BCUT2D eigenvalue weighted by Gasteiger charge is -2.06. The van der Waals surface area contributed by atoms with Crippen LogP contribution < -0.4 is 10.6 Å². The SMILES string of the molecule is Cc1ccc2nc(NC(=O)CCNc3ccccc3[N+](=O)[O-])sc2c1. The molecule has 0 radical (unpaired) electrons. The molecule has 0 spiro atoms. The number of rotatable bonds is 6. The zero-order valence-electron chi connectivity index (χ0n) is 13.5. The number of nitro benzene ring substituents is 1. The fraction of sp³-hybridized carbons (Fsp3) is 0.176. The van der Waals surface area contributed by atoms with E-state index in [9.17, 15) is 14.9 Å². The van der Waals surface area contributed by atoms with Crippen LogP contribution in [-0.4, -0.2) is 22.4 Å². The molecule has 1 amide bonds. The first-order chi connectivity index (χ1) is 12.0. The minimum Gasteiger partial charge on any atom is -0.379 e. The second-order valence-electron chi connectivity index (χ2n) is 5.49. The van der Waals surface area contributed by atoms with Crippen LogP contribution >= 0.6 is 11.3 Å². The minimum absolute atomic E-state index is 0.00977. The van der Waals surface area contributed by atoms with Gasteiger partial charge in [0.15, 0.2) is 5.13 Å². The Kier molecular flexibility index (Phi) is 4.90. The predicted molar refractivity (Wildman–Crippen MR) is 99.2 cm³/mol. The number of fused-ring (bicyclic) bond motifs is 1. The fourth-order valence-electron chi connectivity index (χ4n) is 2.36. The molecule has 3 aromatic rings. The Morgan fingerprint density at radius 2 is 2.08 bits per heavy atom. The van der Waals surface area contributed by atoms with Crippen LogP contribution in [0, 0.1) is 17.0 Å². The summed E-state index contributed by atoms with van der Waals surface area (Å²) in [6.07, 6.45) is 0.182. The molecule has 0 aliphatic heterocycles. The van der Waals surface area contributed by atoms with E-state index in [0.717, 1.165) is 15.8 Å². The lowest BCUT2D eigenvalue weighted by Crippen LogP contribution is -2.16. The van der Waals surface area contributed by atoms with Crippen molar-refractivity contribution in [1.29, 1.82) is 0 Å². The number of para-hydroxylation sites is 2. The van der Waals surface area contributed by atoms with Crippen LogP contribution in [0.25, 0.3) is 10.2 Å². The molecule has 1 heterocycles. The molecule has 0 saturated heterocycles. The number of nitrogens with zero attached hydrogens (tertiary/aromatic N) is 2. The summed E-state index contributed by atoms with van der Waals surface area (Å²) in [5, 5.41) is 17.2. The van der Waals surface area contributed by atoms with Crippen LogP contribution in [0.2, 0.25) is 0 Å². The molecule has 0 bridgehead atoms. The summed E-state index contributed by atoms with van der Waals surface area (Å²) < 4.78 is 1.02. The zero-order valence-corrected chi connectivity index (χ0v) is 14.3. The molecule has 0 aliphatic carbocycles. The molecule has 7 nitrogen and oxygen atoms in total. The summed E-state index contributed by atoms with van der Waals surface area (Å²) in [7, 11) is 0. The van der Waals surface area contributed by atoms with Gasteiger partial charge in [-0.3, -0.25) is 14.9 Å². The molecule has 0 atom stereocenters. The second kappa shape index (κ2) is 7.27. The van der Waals surface area contributed by atoms with Gasteiger partial charge in [0.2, 0.25) is 5.91 Å². The standard InChI is InChI=1S/C17H16N4O3S/c1-11-6-7-13-15(10-11)25-17(19-13)20-16(22)8-9-18-12-4-2-3-5-14(12)21(23)24/h2-7,10,18H,8-9H2,1H3,(H,19,20,22). The number of amides is 1. The number of anilines is 2. The summed E-state index contributed by atoms with van der Waals surface area (Å²) in [5.74, 6) is -0.193. The van der Waals surface area contributed by atoms with Crippen molar-refractivity contribution < 1.29 is 9.72 Å². The van der Waals surface area contributed by atoms with Crippen LogP contribution in [0.5, 0.6) is 0 Å². The van der Waals surface area contributed by atoms with E-state index in [4.69, 9.17) is 0 Å². The zero-order chi connectivity index (χ0) is 17.8. The monoisotopic (exact) mass is 356 g/mol. The molecule has 8 heteroatoms. The molecule has 2 N–H and O–H groups in total. The van der Waals surface area contributed by atoms with Gasteiger partial charge in [-0.15, -0.1) is 0 Å². The summed E-state index contributed by atoms with van der Waals surface area (Å²) in [4.78, 5) is 26.9. The fourth-order valence-corrected chi connectivity index (χ4v) is 3.34. The molecule has 0 fully saturated rings. The van der Waals surface area contributed by atoms with Gasteiger partial charge in [0.1, 0.15) is 5.69 Å². The predicted octanol–water partition coefficient (Wildman–Crippen LogP) is 3.95. The summed E-state index contributed by atoms with van der Waals surface area (Å²) >= 11 is 1.42. The van der Waals surface area contributed by atoms with Crippen molar-refractivity contribution >= 4 is 44.0 Å². The number of aryl methyl sites for hydroxylation is 1. The lowest BCUT2D eigenvalue weighted by atomic mass is 10.2. The number of hydrogen-bond acceptors (Lipinski definition) is 6. The topological polar surface area (TPSA) is 97.2 Å². The molecular formula is C17H16N4O3S. The van der Waals surface area contributed by atoms with E-state index in [1.807, 2.05) is 25.1 Å². The highest BCUT2D eigenvalue weighted by atomic mass is 32.1. The first-order valence-electron chi connectivity index (χ1n) is 7.67. The third-order valence-electron chi connectivity index (χ3n) is 3.56. The first kappa shape index (κ1) is 16.8. The summed E-state index contributed by atoms with van der Waals surface area (Å²) in [6.45, 7) is 2.30. The van der Waals surface area contributed by atoms with E-state index in [2.05, 4.69) is 15.6 Å². The Bertz CT molecular complexity index is 939. The van der Waals surface area contributed by atoms with Crippen LogP contribution in [0.1, 0.15) is 12.0 Å². The normalized spacial score (nSPS) is 10.6. The van der Waals surface area contributed by atoms with Gasteiger partial charge in [-0.05, 0) is 30.7 Å². The maximum absolute atomic E-state index is 12.0. The van der Waals surface area contributed by atoms with Crippen LogP contribution in [0.15, 0.2) is 42.5 Å². The van der Waals surface area contributed by atoms with Crippen molar-refractivity contribution in [3.05, 3.63) is 58.1 Å². The maximum atomic E-state index is 12.0. The smallest absolute Gasteiger partial charge is 0.292 e. The van der Waals surface area contributed by atoms with E-state index in [1.54, 1.807) is 18.2 Å². The maximum Gasteiger partial charge on any atom is 0.292 e. The number of hydrogen-bond donors (Lipinski definition) is 2. The number of carbonyl (C=O) groups excluding carboxylic acids is 1. The van der Waals surface area contributed by atoms with Gasteiger partial charge in [-0.1, -0.05) is 29.5 Å². The summed E-state index contributed by atoms with van der Waals surface area (Å²) in [5.41, 5.74) is 2.38. The molecule has 0 aliphatic rings.